The molecule has 1 aromatic rings. The minimum Gasteiger partial charge on any atom is -0.465 e. The number of hydrogen-bond donors (Lipinski definition) is 4. The zero-order valence-corrected chi connectivity index (χ0v) is 20.1. The van der Waals surface area contributed by atoms with Crippen LogP contribution >= 0.6 is 0 Å². The predicted molar refractivity (Wildman–Crippen MR) is 113 cm³/mol. The van der Waals surface area contributed by atoms with Gasteiger partial charge >= 0.3 is 11.7 Å². The second-order valence-electron chi connectivity index (χ2n) is 10.7. The summed E-state index contributed by atoms with van der Waals surface area (Å²) >= 11 is 0. The number of ether oxygens (including phenoxy) is 2. The largest absolute Gasteiger partial charge is 0.465 e. The van der Waals surface area contributed by atoms with E-state index in [4.69, 9.17) is 4.74 Å². The Morgan fingerprint density at radius 3 is 2.29 bits per heavy atom. The predicted octanol–water partition coefficient (Wildman–Crippen LogP) is 0.131. The topological polar surface area (TPSA) is 151 Å². The molecule has 0 radical (unpaired) electrons. The lowest BCUT2D eigenvalue weighted by Gasteiger charge is -2.44. The Labute approximate surface area is 180 Å². The standard InChI is InChI=1S/C20H32N2O8Si/c1-17(2,3)31(7,8)14(25)11-19(27)18(4,5)20(19,28)15(30-11)22-9-10(13(24)29-6)12(23)21-16(22)26/h9,11,14-15,25,27-28H,1-8H3,(H,21,23,26)/t11-,14?,15-,19+,20-/m1/s1. The molecule has 1 aliphatic carbocycles. The van der Waals surface area contributed by atoms with Gasteiger partial charge in [-0.2, -0.15) is 0 Å². The molecule has 0 bridgehead atoms. The Balaban J connectivity index is 2.15. The quantitative estimate of drug-likeness (QED) is 0.369. The van der Waals surface area contributed by atoms with Crippen LogP contribution in [-0.2, 0) is 9.47 Å². The fourth-order valence-electron chi connectivity index (χ4n) is 4.61. The first-order valence-electron chi connectivity index (χ1n) is 10.1. The van der Waals surface area contributed by atoms with E-state index in [9.17, 15) is 29.7 Å². The van der Waals surface area contributed by atoms with Crippen LogP contribution in [0, 0.1) is 5.41 Å². The van der Waals surface area contributed by atoms with Crippen molar-refractivity contribution in [2.45, 2.75) is 82.0 Å². The van der Waals surface area contributed by atoms with E-state index < -0.39 is 65.5 Å². The summed E-state index contributed by atoms with van der Waals surface area (Å²) in [5.41, 5.74) is -8.33. The first kappa shape index (κ1) is 23.9. The number of carbonyl (C=O) groups is 1. The van der Waals surface area contributed by atoms with Crippen LogP contribution in [0.3, 0.4) is 0 Å². The Bertz CT molecular complexity index is 1040. The third kappa shape index (κ3) is 2.73. The molecule has 11 heteroatoms. The van der Waals surface area contributed by atoms with Crippen LogP contribution in [-0.4, -0.2) is 69.1 Å². The number of hydrogen-bond acceptors (Lipinski definition) is 8. The number of aliphatic hydroxyl groups excluding tert-OH is 1. The van der Waals surface area contributed by atoms with Crippen LogP contribution in [0.15, 0.2) is 15.8 Å². The first-order valence-corrected chi connectivity index (χ1v) is 13.2. The van der Waals surface area contributed by atoms with E-state index in [1.807, 2.05) is 38.8 Å². The number of aromatic nitrogens is 2. The van der Waals surface area contributed by atoms with Crippen molar-refractivity contribution < 1.29 is 29.6 Å². The average Bonchev–Trinajstić information content (AvgIpc) is 2.87. The van der Waals surface area contributed by atoms with Crippen molar-refractivity contribution in [2.75, 3.05) is 7.11 Å². The number of aromatic amines is 1. The van der Waals surface area contributed by atoms with Crippen molar-refractivity contribution in [3.05, 3.63) is 32.6 Å². The average molecular weight is 457 g/mol. The molecule has 0 aromatic carbocycles. The van der Waals surface area contributed by atoms with Crippen molar-refractivity contribution in [3.8, 4) is 0 Å². The Hall–Kier alpha value is -1.79. The minimum absolute atomic E-state index is 0.256. The highest BCUT2D eigenvalue weighted by molar-refractivity contribution is 6.81. The fourth-order valence-corrected chi connectivity index (χ4v) is 6.57. The first-order chi connectivity index (χ1) is 13.9. The van der Waals surface area contributed by atoms with Crippen molar-refractivity contribution in [1.82, 2.24) is 9.55 Å². The number of aliphatic hydroxyl groups is 3. The lowest BCUT2D eigenvalue weighted by atomic mass is 10.0. The van der Waals surface area contributed by atoms with Crippen molar-refractivity contribution in [1.29, 1.82) is 0 Å². The normalized spacial score (nSPS) is 33.0. The summed E-state index contributed by atoms with van der Waals surface area (Å²) in [5, 5.41) is 34.1. The van der Waals surface area contributed by atoms with Crippen LogP contribution < -0.4 is 11.2 Å². The van der Waals surface area contributed by atoms with Gasteiger partial charge in [0.15, 0.2) is 6.23 Å². The second kappa shape index (κ2) is 6.61. The van der Waals surface area contributed by atoms with Gasteiger partial charge in [0.25, 0.3) is 5.56 Å². The molecular weight excluding hydrogens is 424 g/mol. The second-order valence-corrected chi connectivity index (χ2v) is 16.2. The van der Waals surface area contributed by atoms with Gasteiger partial charge in [0.05, 0.1) is 20.9 Å². The number of methoxy groups -OCH3 is 1. The Morgan fingerprint density at radius 1 is 1.26 bits per heavy atom. The van der Waals surface area contributed by atoms with Gasteiger partial charge in [-0.3, -0.25) is 14.3 Å². The summed E-state index contributed by atoms with van der Waals surface area (Å²) in [7, 11) is -1.39. The van der Waals surface area contributed by atoms with Crippen LogP contribution in [0.25, 0.3) is 0 Å². The molecule has 4 N–H and O–H groups in total. The highest BCUT2D eigenvalue weighted by Crippen LogP contribution is 2.76. The van der Waals surface area contributed by atoms with Crippen molar-refractivity contribution in [3.63, 3.8) is 0 Å². The van der Waals surface area contributed by atoms with Gasteiger partial charge in [-0.15, -0.1) is 0 Å². The van der Waals surface area contributed by atoms with E-state index in [1.165, 1.54) is 0 Å². The monoisotopic (exact) mass is 456 g/mol. The Morgan fingerprint density at radius 2 is 1.81 bits per heavy atom. The van der Waals surface area contributed by atoms with Crippen LogP contribution in [0.1, 0.15) is 51.2 Å². The summed E-state index contributed by atoms with van der Waals surface area (Å²) in [6, 6.07) is 0. The highest BCUT2D eigenvalue weighted by Gasteiger charge is 2.93. The van der Waals surface area contributed by atoms with Crippen LogP contribution in [0.4, 0.5) is 0 Å². The number of fused-ring (bicyclic) bond motifs is 1. The molecule has 1 aliphatic heterocycles. The summed E-state index contributed by atoms with van der Waals surface area (Å²) < 4.78 is 11.4. The summed E-state index contributed by atoms with van der Waals surface area (Å²) in [6.45, 7) is 13.2. The molecule has 1 saturated carbocycles. The van der Waals surface area contributed by atoms with Gasteiger partial charge in [0, 0.05) is 11.6 Å². The highest BCUT2D eigenvalue weighted by atomic mass is 28.3. The smallest absolute Gasteiger partial charge is 0.345 e. The lowest BCUT2D eigenvalue weighted by Crippen LogP contribution is -2.59. The van der Waals surface area contributed by atoms with Gasteiger partial charge in [-0.1, -0.05) is 47.7 Å². The molecule has 1 unspecified atom stereocenters. The maximum absolute atomic E-state index is 12.6. The van der Waals surface area contributed by atoms with Gasteiger partial charge in [0.1, 0.15) is 22.9 Å². The van der Waals surface area contributed by atoms with Crippen molar-refractivity contribution >= 4 is 14.0 Å². The van der Waals surface area contributed by atoms with E-state index in [2.05, 4.69) is 4.74 Å². The molecule has 1 saturated heterocycles. The van der Waals surface area contributed by atoms with Crippen LogP contribution in [0.2, 0.25) is 18.1 Å². The molecule has 1 aromatic heterocycles. The molecule has 0 spiro atoms. The van der Waals surface area contributed by atoms with E-state index in [0.717, 1.165) is 17.9 Å². The molecular formula is C20H32N2O8Si. The third-order valence-electron chi connectivity index (χ3n) is 8.05. The SMILES string of the molecule is COC(=O)c1cn([C@@H]2O[C@H](C(O)[Si](C)(C)C(C)(C)C)[C@]3(O)C(C)(C)[C@]23O)c(=O)[nH]c1=O. The molecule has 174 valence electrons. The van der Waals surface area contributed by atoms with E-state index in [1.54, 1.807) is 13.8 Å². The maximum Gasteiger partial charge on any atom is 0.345 e. The molecule has 2 heterocycles. The van der Waals surface area contributed by atoms with Gasteiger partial charge in [-0.05, 0) is 5.04 Å². The van der Waals surface area contributed by atoms with E-state index in [0.29, 0.717) is 0 Å². The number of carbonyl (C=O) groups excluding carboxylic acids is 1. The molecule has 10 nitrogen and oxygen atoms in total. The van der Waals surface area contributed by atoms with E-state index in [-0.39, 0.29) is 5.04 Å². The zero-order chi connectivity index (χ0) is 23.9. The van der Waals surface area contributed by atoms with Gasteiger partial charge in [0.2, 0.25) is 0 Å². The van der Waals surface area contributed by atoms with Gasteiger partial charge < -0.3 is 24.8 Å². The lowest BCUT2D eigenvalue weighted by molar-refractivity contribution is -0.136. The Kier molecular flexibility index (Phi) is 5.09. The number of rotatable bonds is 4. The fraction of sp³-hybridized carbons (Fsp3) is 0.750. The molecule has 5 atom stereocenters. The van der Waals surface area contributed by atoms with Crippen LogP contribution in [0.5, 0.6) is 0 Å². The molecule has 31 heavy (non-hydrogen) atoms. The molecule has 0 amide bonds. The van der Waals surface area contributed by atoms with E-state index >= 15 is 0 Å². The van der Waals surface area contributed by atoms with Gasteiger partial charge in [-0.25, -0.2) is 9.59 Å². The zero-order valence-electron chi connectivity index (χ0n) is 19.1. The number of nitrogens with zero attached hydrogens (tertiary/aromatic N) is 1. The number of nitrogens with one attached hydrogen (secondary N) is 1. The summed E-state index contributed by atoms with van der Waals surface area (Å²) in [4.78, 5) is 38.6. The number of esters is 1. The van der Waals surface area contributed by atoms with Crippen molar-refractivity contribution in [2.24, 2.45) is 5.41 Å². The summed E-state index contributed by atoms with van der Waals surface area (Å²) in [6.07, 6.45) is -1.67. The maximum atomic E-state index is 12.6. The minimum atomic E-state index is -2.48. The molecule has 2 fully saturated rings. The summed E-state index contributed by atoms with van der Waals surface area (Å²) in [5.74, 6) is -0.969. The third-order valence-corrected chi connectivity index (χ3v) is 13.7. The number of H-pyrrole nitrogens is 1. The molecule has 2 aliphatic rings. The molecule has 3 rings (SSSR count).